The second-order valence-electron chi connectivity index (χ2n) is 4.77. The molecule has 0 saturated carbocycles. The number of hydrogen-bond donors (Lipinski definition) is 2. The molecule has 0 saturated heterocycles. The van der Waals surface area contributed by atoms with Gasteiger partial charge in [-0.1, -0.05) is 19.1 Å². The lowest BCUT2D eigenvalue weighted by Crippen LogP contribution is -2.42. The largest absolute Gasteiger partial charge is 0.493 e. The lowest BCUT2D eigenvalue weighted by Gasteiger charge is -2.23. The highest BCUT2D eigenvalue weighted by Crippen LogP contribution is 2.14. The van der Waals surface area contributed by atoms with Crippen LogP contribution in [0.4, 0.5) is 0 Å². The van der Waals surface area contributed by atoms with Crippen LogP contribution in [0.25, 0.3) is 0 Å². The van der Waals surface area contributed by atoms with Gasteiger partial charge in [-0.05, 0) is 37.6 Å². The fraction of sp³-hybridized carbons (Fsp3) is 0.533. The van der Waals surface area contributed by atoms with E-state index in [1.54, 1.807) is 0 Å². The number of aliphatic hydroxyl groups is 1. The third kappa shape index (κ3) is 5.29. The van der Waals surface area contributed by atoms with E-state index in [2.05, 4.69) is 18.3 Å². The van der Waals surface area contributed by atoms with Gasteiger partial charge < -0.3 is 9.84 Å². The molecule has 1 atom stereocenters. The summed E-state index contributed by atoms with van der Waals surface area (Å²) in [6, 6.07) is 9.60. The van der Waals surface area contributed by atoms with E-state index in [0.717, 1.165) is 24.3 Å². The van der Waals surface area contributed by atoms with Gasteiger partial charge in [0.25, 0.3) is 0 Å². The fourth-order valence-electron chi connectivity index (χ4n) is 1.65. The van der Waals surface area contributed by atoms with Crippen LogP contribution in [-0.2, 0) is 6.61 Å². The van der Waals surface area contributed by atoms with Crippen molar-refractivity contribution in [1.29, 1.82) is 5.26 Å². The van der Waals surface area contributed by atoms with Crippen LogP contribution in [0, 0.1) is 11.3 Å². The standard InChI is InChI=1S/C15H22N2O2/c1-3-9-17-15(2,12-16)8-10-19-14-6-4-13(11-18)5-7-14/h4-7,17-18H,3,8-11H2,1-2H3. The molecule has 0 aliphatic rings. The van der Waals surface area contributed by atoms with Gasteiger partial charge in [0.1, 0.15) is 11.3 Å². The molecular formula is C15H22N2O2. The molecule has 1 aromatic carbocycles. The van der Waals surface area contributed by atoms with E-state index in [4.69, 9.17) is 9.84 Å². The second-order valence-corrected chi connectivity index (χ2v) is 4.77. The van der Waals surface area contributed by atoms with Crippen LogP contribution in [0.15, 0.2) is 24.3 Å². The summed E-state index contributed by atoms with van der Waals surface area (Å²) in [7, 11) is 0. The molecule has 104 valence electrons. The Balaban J connectivity index is 2.41. The van der Waals surface area contributed by atoms with E-state index in [9.17, 15) is 5.26 Å². The van der Waals surface area contributed by atoms with Gasteiger partial charge in [-0.2, -0.15) is 5.26 Å². The average Bonchev–Trinajstić information content (AvgIpc) is 2.46. The maximum Gasteiger partial charge on any atom is 0.119 e. The van der Waals surface area contributed by atoms with E-state index < -0.39 is 5.54 Å². The predicted octanol–water partition coefficient (Wildman–Crippen LogP) is 2.23. The highest BCUT2D eigenvalue weighted by Gasteiger charge is 2.22. The Morgan fingerprint density at radius 1 is 1.37 bits per heavy atom. The Morgan fingerprint density at radius 2 is 2.05 bits per heavy atom. The smallest absolute Gasteiger partial charge is 0.119 e. The Hall–Kier alpha value is -1.57. The molecular weight excluding hydrogens is 240 g/mol. The SMILES string of the molecule is CCCNC(C)(C#N)CCOc1ccc(CO)cc1. The van der Waals surface area contributed by atoms with Crippen molar-refractivity contribution < 1.29 is 9.84 Å². The molecule has 0 aliphatic heterocycles. The molecule has 0 spiro atoms. The molecule has 1 unspecified atom stereocenters. The number of hydrogen-bond acceptors (Lipinski definition) is 4. The zero-order chi connectivity index (χ0) is 14.1. The first kappa shape index (κ1) is 15.5. The van der Waals surface area contributed by atoms with Crippen molar-refractivity contribution in [3.05, 3.63) is 29.8 Å². The molecule has 0 aromatic heterocycles. The third-order valence-corrected chi connectivity index (χ3v) is 2.99. The van der Waals surface area contributed by atoms with Crippen LogP contribution in [0.3, 0.4) is 0 Å². The minimum Gasteiger partial charge on any atom is -0.493 e. The van der Waals surface area contributed by atoms with Crippen molar-refractivity contribution in [3.8, 4) is 11.8 Å². The minimum atomic E-state index is -0.541. The van der Waals surface area contributed by atoms with Crippen molar-refractivity contribution in [2.45, 2.75) is 38.8 Å². The molecule has 0 fully saturated rings. The molecule has 4 nitrogen and oxygen atoms in total. The molecule has 0 heterocycles. The molecule has 1 aromatic rings. The number of aliphatic hydroxyl groups excluding tert-OH is 1. The van der Waals surface area contributed by atoms with Gasteiger partial charge in [0.2, 0.25) is 0 Å². The average molecular weight is 262 g/mol. The highest BCUT2D eigenvalue weighted by atomic mass is 16.5. The zero-order valence-electron chi connectivity index (χ0n) is 11.6. The first-order valence-electron chi connectivity index (χ1n) is 6.62. The highest BCUT2D eigenvalue weighted by molar-refractivity contribution is 5.26. The number of nitriles is 1. The molecule has 2 N–H and O–H groups in total. The van der Waals surface area contributed by atoms with Crippen molar-refractivity contribution in [1.82, 2.24) is 5.32 Å². The summed E-state index contributed by atoms with van der Waals surface area (Å²) in [5.74, 6) is 0.757. The normalized spacial score (nSPS) is 13.6. The molecule has 0 aliphatic carbocycles. The Bertz CT molecular complexity index is 411. The third-order valence-electron chi connectivity index (χ3n) is 2.99. The lowest BCUT2D eigenvalue weighted by molar-refractivity contribution is 0.266. The van der Waals surface area contributed by atoms with Gasteiger partial charge in [-0.3, -0.25) is 5.32 Å². The van der Waals surface area contributed by atoms with Crippen molar-refractivity contribution in [2.75, 3.05) is 13.2 Å². The van der Waals surface area contributed by atoms with Crippen molar-refractivity contribution in [2.24, 2.45) is 0 Å². The fourth-order valence-corrected chi connectivity index (χ4v) is 1.65. The first-order chi connectivity index (χ1) is 9.13. The van der Waals surface area contributed by atoms with E-state index in [0.29, 0.717) is 13.0 Å². The summed E-state index contributed by atoms with van der Waals surface area (Å²) >= 11 is 0. The number of ether oxygens (including phenoxy) is 1. The predicted molar refractivity (Wildman–Crippen MR) is 74.8 cm³/mol. The molecule has 0 amide bonds. The van der Waals surface area contributed by atoms with Gasteiger partial charge in [-0.15, -0.1) is 0 Å². The van der Waals surface area contributed by atoms with Crippen LogP contribution in [0.2, 0.25) is 0 Å². The summed E-state index contributed by atoms with van der Waals surface area (Å²) in [5.41, 5.74) is 0.319. The number of benzene rings is 1. The van der Waals surface area contributed by atoms with Crippen molar-refractivity contribution in [3.63, 3.8) is 0 Å². The van der Waals surface area contributed by atoms with Crippen molar-refractivity contribution >= 4 is 0 Å². The topological polar surface area (TPSA) is 65.3 Å². The van der Waals surface area contributed by atoms with E-state index in [1.165, 1.54) is 0 Å². The monoisotopic (exact) mass is 262 g/mol. The summed E-state index contributed by atoms with van der Waals surface area (Å²) in [6.45, 7) is 5.31. The van der Waals surface area contributed by atoms with Crippen LogP contribution >= 0.6 is 0 Å². The maximum atomic E-state index is 9.18. The molecule has 1 rings (SSSR count). The summed E-state index contributed by atoms with van der Waals surface area (Å²) in [4.78, 5) is 0. The van der Waals surface area contributed by atoms with Crippen LogP contribution < -0.4 is 10.1 Å². The van der Waals surface area contributed by atoms with Crippen LogP contribution in [-0.4, -0.2) is 23.8 Å². The van der Waals surface area contributed by atoms with Crippen LogP contribution in [0.1, 0.15) is 32.3 Å². The molecule has 0 radical (unpaired) electrons. The maximum absolute atomic E-state index is 9.18. The van der Waals surface area contributed by atoms with Gasteiger partial charge in [0, 0.05) is 6.42 Å². The Morgan fingerprint density at radius 3 is 2.58 bits per heavy atom. The molecule has 4 heteroatoms. The summed E-state index contributed by atoms with van der Waals surface area (Å²) < 4.78 is 5.61. The van der Waals surface area contributed by atoms with Gasteiger partial charge in [0.05, 0.1) is 19.3 Å². The van der Waals surface area contributed by atoms with E-state index in [-0.39, 0.29) is 6.61 Å². The zero-order valence-corrected chi connectivity index (χ0v) is 11.6. The number of nitrogens with zero attached hydrogens (tertiary/aromatic N) is 1. The summed E-state index contributed by atoms with van der Waals surface area (Å²) in [5, 5.41) is 21.3. The Labute approximate surface area is 115 Å². The molecule has 0 bridgehead atoms. The van der Waals surface area contributed by atoms with Gasteiger partial charge >= 0.3 is 0 Å². The first-order valence-corrected chi connectivity index (χ1v) is 6.62. The number of nitrogens with one attached hydrogen (secondary N) is 1. The second kappa shape index (κ2) is 7.78. The van der Waals surface area contributed by atoms with E-state index >= 15 is 0 Å². The van der Waals surface area contributed by atoms with Crippen LogP contribution in [0.5, 0.6) is 5.75 Å². The summed E-state index contributed by atoms with van der Waals surface area (Å²) in [6.07, 6.45) is 1.63. The van der Waals surface area contributed by atoms with E-state index in [1.807, 2.05) is 31.2 Å². The molecule has 19 heavy (non-hydrogen) atoms. The minimum absolute atomic E-state index is 0.0354. The Kier molecular flexibility index (Phi) is 6.34. The van der Waals surface area contributed by atoms with Gasteiger partial charge in [-0.25, -0.2) is 0 Å². The van der Waals surface area contributed by atoms with Gasteiger partial charge in [0.15, 0.2) is 0 Å². The quantitative estimate of drug-likeness (QED) is 0.754. The lowest BCUT2D eigenvalue weighted by atomic mass is 10.0. The number of rotatable bonds is 8.